The first-order valence-electron chi connectivity index (χ1n) is 4.84. The Balaban J connectivity index is 3.01. The third-order valence-electron chi connectivity index (χ3n) is 2.64. The van der Waals surface area contributed by atoms with Crippen LogP contribution in [0.3, 0.4) is 0 Å². The second-order valence-electron chi connectivity index (χ2n) is 3.62. The smallest absolute Gasteiger partial charge is 0.203 e. The molecule has 1 atom stereocenters. The number of hydrogen-bond donors (Lipinski definition) is 0. The van der Waals surface area contributed by atoms with E-state index in [9.17, 15) is 13.2 Å². The molecule has 0 aromatic heterocycles. The van der Waals surface area contributed by atoms with Gasteiger partial charge in [-0.25, -0.2) is 8.42 Å². The van der Waals surface area contributed by atoms with E-state index in [1.165, 1.54) is 6.92 Å². The lowest BCUT2D eigenvalue weighted by Gasteiger charge is -2.23. The molecule has 3 nitrogen and oxygen atoms in total. The van der Waals surface area contributed by atoms with Crippen molar-refractivity contribution in [3.8, 4) is 0 Å². The largest absolute Gasteiger partial charge is 0.296 e. The van der Waals surface area contributed by atoms with E-state index < -0.39 is 14.0 Å². The Labute approximate surface area is 89.7 Å². The van der Waals surface area contributed by atoms with E-state index in [4.69, 9.17) is 11.6 Å². The molecule has 1 fully saturated rings. The van der Waals surface area contributed by atoms with Crippen LogP contribution >= 0.6 is 11.6 Å². The van der Waals surface area contributed by atoms with Crippen LogP contribution in [0.2, 0.25) is 0 Å². The minimum absolute atomic E-state index is 0.0806. The summed E-state index contributed by atoms with van der Waals surface area (Å²) in [4.78, 5) is 11.8. The number of sulfone groups is 1. The first-order chi connectivity index (χ1) is 6.39. The summed E-state index contributed by atoms with van der Waals surface area (Å²) >= 11 is 5.96. The molecule has 0 aliphatic heterocycles. The van der Waals surface area contributed by atoms with Crippen LogP contribution in [0.5, 0.6) is 0 Å². The number of Topliss-reactive ketones (excluding diaryl/α,β-unsaturated/α-hetero) is 1. The third-order valence-corrected chi connectivity index (χ3v) is 6.04. The van der Waals surface area contributed by atoms with Gasteiger partial charge >= 0.3 is 0 Å². The molecular formula is C9H15ClO3S. The maximum absolute atomic E-state index is 11.8. The first-order valence-corrected chi connectivity index (χ1v) is 6.87. The Hall–Kier alpha value is -0.0900. The number of hydrogen-bond acceptors (Lipinski definition) is 3. The van der Waals surface area contributed by atoms with Gasteiger partial charge in [0.2, 0.25) is 4.21 Å². The van der Waals surface area contributed by atoms with E-state index in [-0.39, 0.29) is 23.9 Å². The monoisotopic (exact) mass is 238 g/mol. The van der Waals surface area contributed by atoms with Crippen molar-refractivity contribution in [2.24, 2.45) is 5.92 Å². The number of carbonyl (C=O) groups excluding carboxylic acids is 1. The van der Waals surface area contributed by atoms with Crippen molar-refractivity contribution in [2.75, 3.05) is 5.75 Å². The minimum Gasteiger partial charge on any atom is -0.296 e. The lowest BCUT2D eigenvalue weighted by Crippen LogP contribution is -2.42. The van der Waals surface area contributed by atoms with Crippen molar-refractivity contribution >= 4 is 27.2 Å². The average molecular weight is 239 g/mol. The Morgan fingerprint density at radius 3 is 2.21 bits per heavy atom. The second-order valence-corrected chi connectivity index (χ2v) is 7.00. The van der Waals surface area contributed by atoms with Crippen molar-refractivity contribution < 1.29 is 13.2 Å². The van der Waals surface area contributed by atoms with Crippen LogP contribution in [-0.2, 0) is 14.6 Å². The van der Waals surface area contributed by atoms with Crippen LogP contribution in [0.15, 0.2) is 0 Å². The average Bonchev–Trinajstić information content (AvgIpc) is 2.98. The Kier molecular flexibility index (Phi) is 3.26. The molecule has 1 aliphatic carbocycles. The van der Waals surface area contributed by atoms with Gasteiger partial charge in [0.25, 0.3) is 0 Å². The van der Waals surface area contributed by atoms with Gasteiger partial charge in [0.05, 0.1) is 0 Å². The van der Waals surface area contributed by atoms with E-state index in [0.29, 0.717) is 0 Å². The van der Waals surface area contributed by atoms with E-state index in [1.807, 2.05) is 0 Å². The Morgan fingerprint density at radius 1 is 1.43 bits per heavy atom. The van der Waals surface area contributed by atoms with Crippen LogP contribution in [0, 0.1) is 5.92 Å². The zero-order valence-electron chi connectivity index (χ0n) is 8.42. The van der Waals surface area contributed by atoms with Crippen LogP contribution < -0.4 is 0 Å². The summed E-state index contributed by atoms with van der Waals surface area (Å²) in [6.07, 6.45) is 1.72. The van der Waals surface area contributed by atoms with Crippen molar-refractivity contribution in [3.05, 3.63) is 0 Å². The van der Waals surface area contributed by atoms with Gasteiger partial charge in [-0.15, -0.1) is 0 Å². The highest BCUT2D eigenvalue weighted by molar-refractivity contribution is 7.95. The molecule has 5 heteroatoms. The quantitative estimate of drug-likeness (QED) is 0.686. The maximum atomic E-state index is 11.8. The van der Waals surface area contributed by atoms with E-state index in [0.717, 1.165) is 12.8 Å². The van der Waals surface area contributed by atoms with Crippen LogP contribution in [-0.4, -0.2) is 24.2 Å². The van der Waals surface area contributed by atoms with Crippen LogP contribution in [0.4, 0.5) is 0 Å². The molecule has 1 aliphatic rings. The molecule has 0 amide bonds. The summed E-state index contributed by atoms with van der Waals surface area (Å²) in [7, 11) is -3.50. The molecule has 1 unspecified atom stereocenters. The fourth-order valence-corrected chi connectivity index (χ4v) is 3.28. The highest BCUT2D eigenvalue weighted by Crippen LogP contribution is 2.40. The van der Waals surface area contributed by atoms with Crippen LogP contribution in [0.25, 0.3) is 0 Å². The van der Waals surface area contributed by atoms with Crippen molar-refractivity contribution in [1.82, 2.24) is 0 Å². The molecule has 14 heavy (non-hydrogen) atoms. The summed E-state index contributed by atoms with van der Waals surface area (Å²) in [5.41, 5.74) is 0. The maximum Gasteiger partial charge on any atom is 0.203 e. The lowest BCUT2D eigenvalue weighted by molar-refractivity contribution is -0.120. The predicted molar refractivity (Wildman–Crippen MR) is 56.1 cm³/mol. The molecular weight excluding hydrogens is 224 g/mol. The fourth-order valence-electron chi connectivity index (χ4n) is 1.43. The molecule has 0 heterocycles. The minimum atomic E-state index is -3.50. The van der Waals surface area contributed by atoms with Crippen LogP contribution in [0.1, 0.15) is 33.1 Å². The molecule has 82 valence electrons. The van der Waals surface area contributed by atoms with Gasteiger partial charge in [-0.05, 0) is 19.3 Å². The molecule has 0 radical (unpaired) electrons. The SMILES string of the molecule is CCC(Cl)(C(=O)C1CC1)S(=O)(=O)CC. The summed E-state index contributed by atoms with van der Waals surface area (Å²) in [6, 6.07) is 0. The van der Waals surface area contributed by atoms with Crippen molar-refractivity contribution in [1.29, 1.82) is 0 Å². The Morgan fingerprint density at radius 2 is 1.93 bits per heavy atom. The number of ketones is 1. The Bertz CT molecular complexity index is 332. The van der Waals surface area contributed by atoms with E-state index in [2.05, 4.69) is 0 Å². The predicted octanol–water partition coefficient (Wildman–Crippen LogP) is 1.75. The van der Waals surface area contributed by atoms with Gasteiger partial charge in [-0.1, -0.05) is 25.4 Å². The van der Waals surface area contributed by atoms with Gasteiger partial charge in [0.1, 0.15) is 0 Å². The van der Waals surface area contributed by atoms with Gasteiger partial charge in [-0.3, -0.25) is 4.79 Å². The van der Waals surface area contributed by atoms with Crippen molar-refractivity contribution in [2.45, 2.75) is 37.3 Å². The summed E-state index contributed by atoms with van der Waals surface area (Å²) < 4.78 is 21.7. The highest BCUT2D eigenvalue weighted by atomic mass is 35.5. The number of alkyl halides is 1. The van der Waals surface area contributed by atoms with E-state index in [1.54, 1.807) is 6.92 Å². The third kappa shape index (κ3) is 1.82. The fraction of sp³-hybridized carbons (Fsp3) is 0.889. The zero-order chi connectivity index (χ0) is 11.0. The van der Waals surface area contributed by atoms with Gasteiger partial charge in [0, 0.05) is 11.7 Å². The lowest BCUT2D eigenvalue weighted by atomic mass is 10.1. The molecule has 0 aromatic carbocycles. The number of carbonyl (C=O) groups is 1. The molecule has 0 spiro atoms. The second kappa shape index (κ2) is 3.81. The number of rotatable bonds is 5. The van der Waals surface area contributed by atoms with Gasteiger partial charge in [0.15, 0.2) is 15.6 Å². The summed E-state index contributed by atoms with van der Waals surface area (Å²) in [6.45, 7) is 3.16. The highest BCUT2D eigenvalue weighted by Gasteiger charge is 2.51. The van der Waals surface area contributed by atoms with Gasteiger partial charge < -0.3 is 0 Å². The van der Waals surface area contributed by atoms with E-state index >= 15 is 0 Å². The molecule has 1 rings (SSSR count). The van der Waals surface area contributed by atoms with Gasteiger partial charge in [-0.2, -0.15) is 0 Å². The summed E-state index contributed by atoms with van der Waals surface area (Å²) in [5, 5.41) is 0. The molecule has 0 aromatic rings. The normalized spacial score (nSPS) is 21.6. The molecule has 1 saturated carbocycles. The summed E-state index contributed by atoms with van der Waals surface area (Å²) in [5.74, 6) is -0.500. The molecule has 0 bridgehead atoms. The van der Waals surface area contributed by atoms with Crippen molar-refractivity contribution in [3.63, 3.8) is 0 Å². The topological polar surface area (TPSA) is 51.2 Å². The standard InChI is InChI=1S/C9H15ClO3S/c1-3-9(10,14(12,13)4-2)8(11)7-5-6-7/h7H,3-6H2,1-2H3. The molecule has 0 N–H and O–H groups in total. The number of halogens is 1. The first kappa shape index (κ1) is 12.0. The molecule has 0 saturated heterocycles. The zero-order valence-corrected chi connectivity index (χ0v) is 9.99.